The fraction of sp³-hybridized carbons (Fsp3) is 0.500. The molecule has 0 bridgehead atoms. The van der Waals surface area contributed by atoms with Gasteiger partial charge in [0.1, 0.15) is 0 Å². The fourth-order valence-corrected chi connectivity index (χ4v) is 2.35. The van der Waals surface area contributed by atoms with Gasteiger partial charge in [-0.2, -0.15) is 0 Å². The zero-order chi connectivity index (χ0) is 13.1. The summed E-state index contributed by atoms with van der Waals surface area (Å²) in [6.45, 7) is 3.19. The van der Waals surface area contributed by atoms with Gasteiger partial charge in [0.25, 0.3) is 0 Å². The molecule has 4 heteroatoms. The van der Waals surface area contributed by atoms with Crippen LogP contribution >= 0.6 is 11.6 Å². The molecule has 0 aromatic heterocycles. The first-order valence-corrected chi connectivity index (χ1v) is 6.80. The lowest BCUT2D eigenvalue weighted by molar-refractivity contribution is 0.0697. The third kappa shape index (κ3) is 2.96. The maximum atomic E-state index is 10.9. The second-order valence-electron chi connectivity index (χ2n) is 4.75. The number of aromatic carboxylic acids is 1. The van der Waals surface area contributed by atoms with E-state index in [1.807, 2.05) is 6.07 Å². The average Bonchev–Trinajstić information content (AvgIpc) is 3.13. The molecule has 1 aliphatic carbocycles. The number of hydrogen-bond donors (Lipinski definition) is 1. The molecule has 3 nitrogen and oxygen atoms in total. The van der Waals surface area contributed by atoms with E-state index in [0.29, 0.717) is 11.1 Å². The molecule has 1 fully saturated rings. The lowest BCUT2D eigenvalue weighted by Gasteiger charge is -2.25. The number of unbranched alkanes of at least 4 members (excludes halogenated alkanes) is 1. The van der Waals surface area contributed by atoms with Gasteiger partial charge in [-0.3, -0.25) is 0 Å². The standard InChI is InChI=1S/C14H18ClNO2/c1-2-3-8-16(10-4-5-10)11-6-7-12(14(17)18)13(15)9-11/h6-7,9-10H,2-5,8H2,1H3,(H,17,18). The Labute approximate surface area is 112 Å². The first kappa shape index (κ1) is 13.2. The molecule has 0 aliphatic heterocycles. The summed E-state index contributed by atoms with van der Waals surface area (Å²) in [5.41, 5.74) is 1.22. The Morgan fingerprint density at radius 1 is 1.50 bits per heavy atom. The van der Waals surface area contributed by atoms with Gasteiger partial charge < -0.3 is 10.0 Å². The van der Waals surface area contributed by atoms with E-state index in [4.69, 9.17) is 16.7 Å². The van der Waals surface area contributed by atoms with Gasteiger partial charge in [-0.1, -0.05) is 24.9 Å². The van der Waals surface area contributed by atoms with Crippen LogP contribution < -0.4 is 4.90 Å². The number of carbonyl (C=O) groups is 1. The van der Waals surface area contributed by atoms with Gasteiger partial charge in [-0.05, 0) is 37.5 Å². The minimum atomic E-state index is -0.974. The highest BCUT2D eigenvalue weighted by atomic mass is 35.5. The molecule has 0 radical (unpaired) electrons. The van der Waals surface area contributed by atoms with Crippen LogP contribution in [0.3, 0.4) is 0 Å². The van der Waals surface area contributed by atoms with E-state index >= 15 is 0 Å². The van der Waals surface area contributed by atoms with Crippen molar-refractivity contribution in [3.8, 4) is 0 Å². The number of rotatable bonds is 6. The minimum Gasteiger partial charge on any atom is -0.478 e. The second-order valence-corrected chi connectivity index (χ2v) is 5.15. The highest BCUT2D eigenvalue weighted by molar-refractivity contribution is 6.33. The lowest BCUT2D eigenvalue weighted by atomic mass is 10.2. The highest BCUT2D eigenvalue weighted by Crippen LogP contribution is 2.33. The van der Waals surface area contributed by atoms with Crippen molar-refractivity contribution in [1.29, 1.82) is 0 Å². The molecule has 1 N–H and O–H groups in total. The number of anilines is 1. The quantitative estimate of drug-likeness (QED) is 0.852. The molecule has 1 aromatic carbocycles. The van der Waals surface area contributed by atoms with E-state index in [-0.39, 0.29) is 5.56 Å². The van der Waals surface area contributed by atoms with E-state index in [1.54, 1.807) is 12.1 Å². The average molecular weight is 268 g/mol. The molecule has 0 saturated heterocycles. The van der Waals surface area contributed by atoms with Crippen LogP contribution in [0.25, 0.3) is 0 Å². The summed E-state index contributed by atoms with van der Waals surface area (Å²) in [5, 5.41) is 9.28. The summed E-state index contributed by atoms with van der Waals surface area (Å²) in [6.07, 6.45) is 4.75. The predicted octanol–water partition coefficient (Wildman–Crippen LogP) is 3.81. The van der Waals surface area contributed by atoms with E-state index in [1.165, 1.54) is 12.8 Å². The van der Waals surface area contributed by atoms with Crippen LogP contribution in [0.5, 0.6) is 0 Å². The van der Waals surface area contributed by atoms with Crippen LogP contribution in [0.4, 0.5) is 5.69 Å². The lowest BCUT2D eigenvalue weighted by Crippen LogP contribution is -2.26. The van der Waals surface area contributed by atoms with Gasteiger partial charge in [0, 0.05) is 18.3 Å². The van der Waals surface area contributed by atoms with Crippen molar-refractivity contribution in [3.05, 3.63) is 28.8 Å². The third-order valence-corrected chi connectivity index (χ3v) is 3.57. The molecule has 2 rings (SSSR count). The normalized spacial score (nSPS) is 14.6. The van der Waals surface area contributed by atoms with Crippen LogP contribution in [0.15, 0.2) is 18.2 Å². The number of benzene rings is 1. The van der Waals surface area contributed by atoms with E-state index < -0.39 is 5.97 Å². The summed E-state index contributed by atoms with van der Waals surface area (Å²) in [5.74, 6) is -0.974. The zero-order valence-corrected chi connectivity index (χ0v) is 11.3. The predicted molar refractivity (Wildman–Crippen MR) is 73.7 cm³/mol. The minimum absolute atomic E-state index is 0.173. The van der Waals surface area contributed by atoms with Crippen molar-refractivity contribution < 1.29 is 9.90 Å². The molecule has 0 heterocycles. The van der Waals surface area contributed by atoms with Gasteiger partial charge in [0.15, 0.2) is 0 Å². The van der Waals surface area contributed by atoms with E-state index in [9.17, 15) is 4.79 Å². The summed E-state index contributed by atoms with van der Waals surface area (Å²) >= 11 is 6.02. The molecule has 0 amide bonds. The first-order valence-electron chi connectivity index (χ1n) is 6.43. The van der Waals surface area contributed by atoms with Crippen molar-refractivity contribution in [2.45, 2.75) is 38.6 Å². The third-order valence-electron chi connectivity index (χ3n) is 3.25. The smallest absolute Gasteiger partial charge is 0.337 e. The molecular formula is C14H18ClNO2. The molecule has 0 unspecified atom stereocenters. The maximum Gasteiger partial charge on any atom is 0.337 e. The van der Waals surface area contributed by atoms with Crippen LogP contribution in [0, 0.1) is 0 Å². The molecule has 0 atom stereocenters. The Kier molecular flexibility index (Phi) is 4.12. The molecule has 0 spiro atoms. The van der Waals surface area contributed by atoms with Crippen LogP contribution in [-0.2, 0) is 0 Å². The largest absolute Gasteiger partial charge is 0.478 e. The molecule has 18 heavy (non-hydrogen) atoms. The van der Waals surface area contributed by atoms with Crippen molar-refractivity contribution in [2.24, 2.45) is 0 Å². The van der Waals surface area contributed by atoms with Gasteiger partial charge in [-0.15, -0.1) is 0 Å². The Balaban J connectivity index is 2.19. The number of halogens is 1. The Bertz CT molecular complexity index is 443. The molecule has 1 saturated carbocycles. The van der Waals surface area contributed by atoms with Gasteiger partial charge >= 0.3 is 5.97 Å². The molecule has 98 valence electrons. The van der Waals surface area contributed by atoms with Gasteiger partial charge in [0.2, 0.25) is 0 Å². The Morgan fingerprint density at radius 2 is 2.22 bits per heavy atom. The Morgan fingerprint density at radius 3 is 2.72 bits per heavy atom. The monoisotopic (exact) mass is 267 g/mol. The number of hydrogen-bond acceptors (Lipinski definition) is 2. The van der Waals surface area contributed by atoms with Crippen LogP contribution in [0.1, 0.15) is 43.0 Å². The fourth-order valence-electron chi connectivity index (χ4n) is 2.09. The molecular weight excluding hydrogens is 250 g/mol. The van der Waals surface area contributed by atoms with Gasteiger partial charge in [0.05, 0.1) is 10.6 Å². The van der Waals surface area contributed by atoms with Crippen LogP contribution in [-0.4, -0.2) is 23.7 Å². The van der Waals surface area contributed by atoms with Crippen molar-refractivity contribution in [1.82, 2.24) is 0 Å². The highest BCUT2D eigenvalue weighted by Gasteiger charge is 2.29. The van der Waals surface area contributed by atoms with Crippen molar-refractivity contribution in [2.75, 3.05) is 11.4 Å². The maximum absolute atomic E-state index is 10.9. The summed E-state index contributed by atoms with van der Waals surface area (Å²) in [6, 6.07) is 5.85. The summed E-state index contributed by atoms with van der Waals surface area (Å²) < 4.78 is 0. The SMILES string of the molecule is CCCCN(c1ccc(C(=O)O)c(Cl)c1)C1CC1. The van der Waals surface area contributed by atoms with E-state index in [0.717, 1.165) is 25.1 Å². The molecule has 1 aliphatic rings. The zero-order valence-electron chi connectivity index (χ0n) is 10.5. The first-order chi connectivity index (χ1) is 8.63. The van der Waals surface area contributed by atoms with Gasteiger partial charge in [-0.25, -0.2) is 4.79 Å². The second kappa shape index (κ2) is 5.61. The summed E-state index contributed by atoms with van der Waals surface area (Å²) in [7, 11) is 0. The van der Waals surface area contributed by atoms with Crippen molar-refractivity contribution >= 4 is 23.3 Å². The topological polar surface area (TPSA) is 40.5 Å². The number of carboxylic acids is 1. The van der Waals surface area contributed by atoms with E-state index in [2.05, 4.69) is 11.8 Å². The summed E-state index contributed by atoms with van der Waals surface area (Å²) in [4.78, 5) is 13.3. The molecule has 1 aromatic rings. The van der Waals surface area contributed by atoms with Crippen molar-refractivity contribution in [3.63, 3.8) is 0 Å². The number of nitrogens with zero attached hydrogens (tertiary/aromatic N) is 1. The van der Waals surface area contributed by atoms with Crippen LogP contribution in [0.2, 0.25) is 5.02 Å². The number of carboxylic acid groups (broad SMARTS) is 1. The Hall–Kier alpha value is -1.22.